The monoisotopic (exact) mass is 286 g/mol. The Hall–Kier alpha value is -2.69. The number of hydrogen-bond acceptors (Lipinski definition) is 5. The first-order valence-corrected chi connectivity index (χ1v) is 6.54. The Kier molecular flexibility index (Phi) is 3.39. The molecule has 0 fully saturated rings. The van der Waals surface area contributed by atoms with Crippen LogP contribution in [0.25, 0.3) is 22.3 Å². The summed E-state index contributed by atoms with van der Waals surface area (Å²) in [5, 5.41) is 0.889. The van der Waals surface area contributed by atoms with Crippen LogP contribution in [0.2, 0.25) is 0 Å². The Morgan fingerprint density at radius 2 is 2.10 bits per heavy atom. The van der Waals surface area contributed by atoms with Crippen LogP contribution < -0.4 is 4.74 Å². The molecule has 3 rings (SSSR count). The quantitative estimate of drug-likeness (QED) is 0.681. The van der Waals surface area contributed by atoms with Crippen LogP contribution in [0.5, 0.6) is 5.75 Å². The molecule has 2 heterocycles. The van der Waals surface area contributed by atoms with Crippen LogP contribution >= 0.6 is 0 Å². The van der Waals surface area contributed by atoms with E-state index in [2.05, 4.69) is 0 Å². The number of methoxy groups -OCH3 is 1. The standard InChI is InChI=1S/C16H14O5/c1-3-20-16(17)13-9-19-8-12(13)15-7-10-6-11(18-2)4-5-14(10)21-15/h4-9H,3H2,1-2H3. The average Bonchev–Trinajstić information content (AvgIpc) is 3.12. The van der Waals surface area contributed by atoms with E-state index in [1.165, 1.54) is 12.5 Å². The number of benzene rings is 1. The lowest BCUT2D eigenvalue weighted by Crippen LogP contribution is -2.04. The third kappa shape index (κ3) is 2.38. The van der Waals surface area contributed by atoms with Gasteiger partial charge in [0.2, 0.25) is 0 Å². The topological polar surface area (TPSA) is 61.8 Å². The third-order valence-electron chi connectivity index (χ3n) is 3.15. The fourth-order valence-electron chi connectivity index (χ4n) is 2.14. The van der Waals surface area contributed by atoms with Crippen molar-refractivity contribution in [2.24, 2.45) is 0 Å². The molecule has 0 unspecified atom stereocenters. The smallest absolute Gasteiger partial charge is 0.342 e. The fraction of sp³-hybridized carbons (Fsp3) is 0.188. The van der Waals surface area contributed by atoms with Gasteiger partial charge < -0.3 is 18.3 Å². The molecule has 108 valence electrons. The minimum Gasteiger partial charge on any atom is -0.497 e. The lowest BCUT2D eigenvalue weighted by molar-refractivity contribution is 0.0526. The van der Waals surface area contributed by atoms with Crippen LogP contribution in [-0.4, -0.2) is 19.7 Å². The average molecular weight is 286 g/mol. The largest absolute Gasteiger partial charge is 0.497 e. The van der Waals surface area contributed by atoms with E-state index < -0.39 is 5.97 Å². The maximum Gasteiger partial charge on any atom is 0.342 e. The molecule has 0 saturated carbocycles. The molecule has 0 aliphatic rings. The number of fused-ring (bicyclic) bond motifs is 1. The highest BCUT2D eigenvalue weighted by atomic mass is 16.5. The molecule has 0 saturated heterocycles. The molecular weight excluding hydrogens is 272 g/mol. The van der Waals surface area contributed by atoms with E-state index in [1.807, 2.05) is 24.3 Å². The van der Waals surface area contributed by atoms with E-state index in [0.29, 0.717) is 29.1 Å². The Morgan fingerprint density at radius 3 is 2.86 bits per heavy atom. The molecule has 21 heavy (non-hydrogen) atoms. The number of hydrogen-bond donors (Lipinski definition) is 0. The third-order valence-corrected chi connectivity index (χ3v) is 3.15. The number of rotatable bonds is 4. The van der Waals surface area contributed by atoms with Crippen molar-refractivity contribution in [2.75, 3.05) is 13.7 Å². The number of carbonyl (C=O) groups excluding carboxylic acids is 1. The Morgan fingerprint density at radius 1 is 1.24 bits per heavy atom. The predicted molar refractivity (Wildman–Crippen MR) is 76.4 cm³/mol. The van der Waals surface area contributed by atoms with Gasteiger partial charge in [-0.25, -0.2) is 4.79 Å². The first-order valence-electron chi connectivity index (χ1n) is 6.54. The van der Waals surface area contributed by atoms with Gasteiger partial charge in [-0.15, -0.1) is 0 Å². The molecule has 0 bridgehead atoms. The van der Waals surface area contributed by atoms with Gasteiger partial charge in [-0.1, -0.05) is 0 Å². The highest BCUT2D eigenvalue weighted by molar-refractivity contribution is 5.97. The summed E-state index contributed by atoms with van der Waals surface area (Å²) < 4.78 is 21.1. The van der Waals surface area contributed by atoms with Crippen LogP contribution in [0.15, 0.2) is 45.6 Å². The lowest BCUT2D eigenvalue weighted by Gasteiger charge is -1.99. The molecule has 1 aromatic carbocycles. The second kappa shape index (κ2) is 5.36. The second-order valence-corrected chi connectivity index (χ2v) is 4.43. The molecular formula is C16H14O5. The molecule has 0 radical (unpaired) electrons. The maximum atomic E-state index is 11.9. The van der Waals surface area contributed by atoms with Gasteiger partial charge in [-0.2, -0.15) is 0 Å². The van der Waals surface area contributed by atoms with Crippen LogP contribution in [0.3, 0.4) is 0 Å². The molecule has 5 heteroatoms. The van der Waals surface area contributed by atoms with E-state index in [4.69, 9.17) is 18.3 Å². The lowest BCUT2D eigenvalue weighted by atomic mass is 10.1. The van der Waals surface area contributed by atoms with Crippen molar-refractivity contribution in [2.45, 2.75) is 6.92 Å². The molecule has 0 spiro atoms. The molecule has 0 aliphatic carbocycles. The SMILES string of the molecule is CCOC(=O)c1cocc1-c1cc2cc(OC)ccc2o1. The van der Waals surface area contributed by atoms with Gasteiger partial charge in [0, 0.05) is 5.39 Å². The van der Waals surface area contributed by atoms with Crippen molar-refractivity contribution >= 4 is 16.9 Å². The molecule has 0 atom stereocenters. The van der Waals surface area contributed by atoms with Gasteiger partial charge in [-0.3, -0.25) is 0 Å². The number of carbonyl (C=O) groups is 1. The normalized spacial score (nSPS) is 10.8. The Balaban J connectivity index is 2.05. The van der Waals surface area contributed by atoms with E-state index in [0.717, 1.165) is 11.1 Å². The molecule has 0 N–H and O–H groups in total. The van der Waals surface area contributed by atoms with Crippen molar-refractivity contribution in [1.82, 2.24) is 0 Å². The minimum atomic E-state index is -0.431. The summed E-state index contributed by atoms with van der Waals surface area (Å²) in [6, 6.07) is 7.34. The highest BCUT2D eigenvalue weighted by Crippen LogP contribution is 2.32. The zero-order valence-electron chi connectivity index (χ0n) is 11.7. The highest BCUT2D eigenvalue weighted by Gasteiger charge is 2.19. The van der Waals surface area contributed by atoms with Crippen molar-refractivity contribution in [3.8, 4) is 17.1 Å². The van der Waals surface area contributed by atoms with Gasteiger partial charge in [0.15, 0.2) is 0 Å². The first-order chi connectivity index (χ1) is 10.2. The van der Waals surface area contributed by atoms with E-state index in [-0.39, 0.29) is 0 Å². The van der Waals surface area contributed by atoms with Crippen LogP contribution in [-0.2, 0) is 4.74 Å². The second-order valence-electron chi connectivity index (χ2n) is 4.43. The van der Waals surface area contributed by atoms with Crippen molar-refractivity contribution in [1.29, 1.82) is 0 Å². The van der Waals surface area contributed by atoms with Gasteiger partial charge in [0.05, 0.1) is 19.3 Å². The van der Waals surface area contributed by atoms with E-state index >= 15 is 0 Å². The van der Waals surface area contributed by atoms with Crippen LogP contribution in [0.1, 0.15) is 17.3 Å². The summed E-state index contributed by atoms with van der Waals surface area (Å²) in [6.07, 6.45) is 2.84. The summed E-state index contributed by atoms with van der Waals surface area (Å²) in [5.41, 5.74) is 1.63. The number of esters is 1. The molecule has 0 amide bonds. The summed E-state index contributed by atoms with van der Waals surface area (Å²) in [7, 11) is 1.61. The van der Waals surface area contributed by atoms with Crippen LogP contribution in [0, 0.1) is 0 Å². The Bertz CT molecular complexity index is 781. The Labute approximate surface area is 121 Å². The first kappa shape index (κ1) is 13.3. The molecule has 5 nitrogen and oxygen atoms in total. The van der Waals surface area contributed by atoms with Gasteiger partial charge >= 0.3 is 5.97 Å². The van der Waals surface area contributed by atoms with Crippen molar-refractivity contribution < 1.29 is 23.1 Å². The summed E-state index contributed by atoms with van der Waals surface area (Å²) in [4.78, 5) is 11.9. The van der Waals surface area contributed by atoms with Crippen molar-refractivity contribution in [3.05, 3.63) is 42.4 Å². The van der Waals surface area contributed by atoms with E-state index in [1.54, 1.807) is 14.0 Å². The van der Waals surface area contributed by atoms with E-state index in [9.17, 15) is 4.79 Å². The minimum absolute atomic E-state index is 0.306. The number of ether oxygens (including phenoxy) is 2. The molecule has 3 aromatic rings. The van der Waals surface area contributed by atoms with Gasteiger partial charge in [0.25, 0.3) is 0 Å². The van der Waals surface area contributed by atoms with Crippen molar-refractivity contribution in [3.63, 3.8) is 0 Å². The predicted octanol–water partition coefficient (Wildman–Crippen LogP) is 3.88. The zero-order chi connectivity index (χ0) is 14.8. The van der Waals surface area contributed by atoms with Gasteiger partial charge in [0.1, 0.15) is 35.2 Å². The van der Waals surface area contributed by atoms with Crippen LogP contribution in [0.4, 0.5) is 0 Å². The van der Waals surface area contributed by atoms with Gasteiger partial charge in [-0.05, 0) is 31.2 Å². The number of furan rings is 2. The molecule has 2 aromatic heterocycles. The summed E-state index contributed by atoms with van der Waals surface area (Å²) in [6.45, 7) is 2.06. The fourth-order valence-corrected chi connectivity index (χ4v) is 2.14. The summed E-state index contributed by atoms with van der Waals surface area (Å²) >= 11 is 0. The summed E-state index contributed by atoms with van der Waals surface area (Å²) in [5.74, 6) is 0.863. The maximum absolute atomic E-state index is 11.9. The zero-order valence-corrected chi connectivity index (χ0v) is 11.7. The molecule has 0 aliphatic heterocycles.